The molecule has 0 saturated carbocycles. The molecule has 2 rings (SSSR count). The van der Waals surface area contributed by atoms with E-state index in [4.69, 9.17) is 9.47 Å². The fourth-order valence-corrected chi connectivity index (χ4v) is 2.04. The fraction of sp³-hybridized carbons (Fsp3) is 0.188. The van der Waals surface area contributed by atoms with Gasteiger partial charge in [-0.2, -0.15) is 0 Å². The molecule has 2 aromatic rings. The highest BCUT2D eigenvalue weighted by Gasteiger charge is 2.15. The lowest BCUT2D eigenvalue weighted by Crippen LogP contribution is -2.04. The van der Waals surface area contributed by atoms with E-state index in [1.807, 2.05) is 43.3 Å². The van der Waals surface area contributed by atoms with Crippen molar-refractivity contribution in [1.82, 2.24) is 0 Å². The molecule has 0 heterocycles. The molecule has 0 spiro atoms. The Labute approximate surface area is 112 Å². The van der Waals surface area contributed by atoms with Crippen molar-refractivity contribution in [3.05, 3.63) is 53.6 Å². The van der Waals surface area contributed by atoms with Gasteiger partial charge in [0.15, 0.2) is 0 Å². The highest BCUT2D eigenvalue weighted by molar-refractivity contribution is 5.98. The quantitative estimate of drug-likeness (QED) is 0.789. The number of carbonyl (C=O) groups excluding carboxylic acids is 1. The Bertz CT molecular complexity index is 603. The van der Waals surface area contributed by atoms with Gasteiger partial charge in [0, 0.05) is 11.1 Å². The summed E-state index contributed by atoms with van der Waals surface area (Å²) in [6.45, 7) is 1.99. The summed E-state index contributed by atoms with van der Waals surface area (Å²) in [5.41, 5.74) is 3.32. The minimum Gasteiger partial charge on any atom is -0.496 e. The summed E-state index contributed by atoms with van der Waals surface area (Å²) < 4.78 is 10.2. The minimum atomic E-state index is -0.346. The Morgan fingerprint density at radius 3 is 2.42 bits per heavy atom. The van der Waals surface area contributed by atoms with Crippen molar-refractivity contribution in [3.63, 3.8) is 0 Å². The van der Waals surface area contributed by atoms with Gasteiger partial charge in [-0.1, -0.05) is 35.9 Å². The summed E-state index contributed by atoms with van der Waals surface area (Å²) >= 11 is 0. The average molecular weight is 256 g/mol. The summed E-state index contributed by atoms with van der Waals surface area (Å²) in [4.78, 5) is 11.9. The Hall–Kier alpha value is -2.29. The van der Waals surface area contributed by atoms with Crippen LogP contribution in [0.1, 0.15) is 15.9 Å². The van der Waals surface area contributed by atoms with Crippen LogP contribution in [0.5, 0.6) is 5.75 Å². The van der Waals surface area contributed by atoms with E-state index in [0.717, 1.165) is 22.4 Å². The molecule has 2 aromatic carbocycles. The lowest BCUT2D eigenvalue weighted by molar-refractivity contribution is 0.0601. The number of para-hydroxylation sites is 1. The third kappa shape index (κ3) is 2.60. The zero-order chi connectivity index (χ0) is 13.8. The van der Waals surface area contributed by atoms with E-state index in [1.54, 1.807) is 13.2 Å². The molecule has 0 aliphatic carbocycles. The molecule has 0 aromatic heterocycles. The van der Waals surface area contributed by atoms with Crippen LogP contribution in [-0.4, -0.2) is 20.2 Å². The van der Waals surface area contributed by atoms with Crippen molar-refractivity contribution in [3.8, 4) is 16.9 Å². The van der Waals surface area contributed by atoms with Crippen LogP contribution in [0, 0.1) is 6.92 Å². The van der Waals surface area contributed by atoms with Crippen LogP contribution in [0.4, 0.5) is 0 Å². The number of methoxy groups -OCH3 is 2. The van der Waals surface area contributed by atoms with Crippen molar-refractivity contribution in [1.29, 1.82) is 0 Å². The van der Waals surface area contributed by atoms with E-state index >= 15 is 0 Å². The lowest BCUT2D eigenvalue weighted by atomic mass is 9.97. The highest BCUT2D eigenvalue weighted by Crippen LogP contribution is 2.33. The van der Waals surface area contributed by atoms with Crippen LogP contribution in [0.3, 0.4) is 0 Å². The molecule has 3 nitrogen and oxygen atoms in total. The van der Waals surface area contributed by atoms with Gasteiger partial charge in [0.25, 0.3) is 0 Å². The molecule has 19 heavy (non-hydrogen) atoms. The number of hydrogen-bond donors (Lipinski definition) is 0. The smallest absolute Gasteiger partial charge is 0.338 e. The van der Waals surface area contributed by atoms with E-state index < -0.39 is 0 Å². The topological polar surface area (TPSA) is 35.5 Å². The third-order valence-electron chi connectivity index (χ3n) is 2.98. The number of rotatable bonds is 3. The molecule has 0 aliphatic heterocycles. The van der Waals surface area contributed by atoms with Gasteiger partial charge in [-0.15, -0.1) is 0 Å². The number of carbonyl (C=O) groups is 1. The summed E-state index contributed by atoms with van der Waals surface area (Å²) in [6.07, 6.45) is 0. The molecule has 0 N–H and O–H groups in total. The maximum Gasteiger partial charge on any atom is 0.338 e. The largest absolute Gasteiger partial charge is 0.496 e. The highest BCUT2D eigenvalue weighted by atomic mass is 16.5. The molecule has 0 fully saturated rings. The molecular formula is C16H16O3. The van der Waals surface area contributed by atoms with Crippen molar-refractivity contribution in [2.24, 2.45) is 0 Å². The summed E-state index contributed by atoms with van der Waals surface area (Å²) in [7, 11) is 3.00. The second kappa shape index (κ2) is 5.57. The van der Waals surface area contributed by atoms with Crippen molar-refractivity contribution >= 4 is 5.97 Å². The Kier molecular flexibility index (Phi) is 3.85. The molecule has 0 saturated heterocycles. The van der Waals surface area contributed by atoms with Gasteiger partial charge < -0.3 is 9.47 Å². The first-order valence-corrected chi connectivity index (χ1v) is 5.99. The Balaban J connectivity index is 2.66. The van der Waals surface area contributed by atoms with Crippen LogP contribution >= 0.6 is 0 Å². The Morgan fingerprint density at radius 2 is 1.74 bits per heavy atom. The molecule has 0 atom stereocenters. The molecule has 98 valence electrons. The molecule has 0 aliphatic rings. The molecule has 0 bridgehead atoms. The Morgan fingerprint density at radius 1 is 1.00 bits per heavy atom. The normalized spacial score (nSPS) is 10.1. The van der Waals surface area contributed by atoms with Gasteiger partial charge in [-0.3, -0.25) is 0 Å². The van der Waals surface area contributed by atoms with Gasteiger partial charge >= 0.3 is 5.97 Å². The first-order valence-electron chi connectivity index (χ1n) is 5.99. The molecule has 0 radical (unpaired) electrons. The van der Waals surface area contributed by atoms with Gasteiger partial charge in [0.05, 0.1) is 19.8 Å². The zero-order valence-electron chi connectivity index (χ0n) is 11.3. The van der Waals surface area contributed by atoms with Gasteiger partial charge in [0.2, 0.25) is 0 Å². The number of ether oxygens (including phenoxy) is 2. The van der Waals surface area contributed by atoms with Gasteiger partial charge in [-0.05, 0) is 19.1 Å². The van der Waals surface area contributed by atoms with E-state index in [9.17, 15) is 4.79 Å². The minimum absolute atomic E-state index is 0.346. The first kappa shape index (κ1) is 13.1. The number of esters is 1. The van der Waals surface area contributed by atoms with Gasteiger partial charge in [0.1, 0.15) is 5.75 Å². The first-order chi connectivity index (χ1) is 9.17. The third-order valence-corrected chi connectivity index (χ3v) is 2.98. The average Bonchev–Trinajstić information content (AvgIpc) is 2.46. The molecule has 3 heteroatoms. The predicted molar refractivity (Wildman–Crippen MR) is 74.5 cm³/mol. The molecule has 0 unspecified atom stereocenters. The van der Waals surface area contributed by atoms with Crippen LogP contribution in [-0.2, 0) is 4.74 Å². The fourth-order valence-electron chi connectivity index (χ4n) is 2.04. The van der Waals surface area contributed by atoms with Crippen LogP contribution in [0.25, 0.3) is 11.1 Å². The van der Waals surface area contributed by atoms with Crippen molar-refractivity contribution in [2.75, 3.05) is 14.2 Å². The van der Waals surface area contributed by atoms with E-state index in [0.29, 0.717) is 5.56 Å². The SMILES string of the molecule is COC(=O)c1ccc(C)cc1-c1ccccc1OC. The lowest BCUT2D eigenvalue weighted by Gasteiger charge is -2.12. The maximum atomic E-state index is 11.9. The second-order valence-electron chi connectivity index (χ2n) is 4.24. The van der Waals surface area contributed by atoms with Gasteiger partial charge in [-0.25, -0.2) is 4.79 Å². The van der Waals surface area contributed by atoms with E-state index in [2.05, 4.69) is 0 Å². The van der Waals surface area contributed by atoms with Crippen LogP contribution in [0.2, 0.25) is 0 Å². The second-order valence-corrected chi connectivity index (χ2v) is 4.24. The molecular weight excluding hydrogens is 240 g/mol. The van der Waals surface area contributed by atoms with Crippen LogP contribution in [0.15, 0.2) is 42.5 Å². The summed E-state index contributed by atoms with van der Waals surface area (Å²) in [5, 5.41) is 0. The zero-order valence-corrected chi connectivity index (χ0v) is 11.3. The number of aryl methyl sites for hydroxylation is 1. The predicted octanol–water partition coefficient (Wildman–Crippen LogP) is 3.46. The summed E-state index contributed by atoms with van der Waals surface area (Å²) in [5.74, 6) is 0.388. The summed E-state index contributed by atoms with van der Waals surface area (Å²) in [6, 6.07) is 13.3. The van der Waals surface area contributed by atoms with Crippen LogP contribution < -0.4 is 4.74 Å². The van der Waals surface area contributed by atoms with E-state index in [1.165, 1.54) is 7.11 Å². The van der Waals surface area contributed by atoms with Crippen molar-refractivity contribution in [2.45, 2.75) is 6.92 Å². The number of hydrogen-bond acceptors (Lipinski definition) is 3. The monoisotopic (exact) mass is 256 g/mol. The van der Waals surface area contributed by atoms with Crippen molar-refractivity contribution < 1.29 is 14.3 Å². The molecule has 0 amide bonds. The van der Waals surface area contributed by atoms with E-state index in [-0.39, 0.29) is 5.97 Å². The standard InChI is InChI=1S/C16H16O3/c1-11-8-9-13(16(17)19-3)14(10-11)12-6-4-5-7-15(12)18-2/h4-10H,1-3H3. The maximum absolute atomic E-state index is 11.9. The number of benzene rings is 2.